The van der Waals surface area contributed by atoms with Gasteiger partial charge in [-0.3, -0.25) is 0 Å². The van der Waals surface area contributed by atoms with E-state index in [4.69, 9.17) is 9.47 Å². The molecule has 1 aliphatic heterocycles. The lowest BCUT2D eigenvalue weighted by Crippen LogP contribution is -2.34. The Morgan fingerprint density at radius 3 is 2.61 bits per heavy atom. The van der Waals surface area contributed by atoms with Crippen LogP contribution in [0.2, 0.25) is 0 Å². The maximum Gasteiger partial charge on any atom is 0.240 e. The summed E-state index contributed by atoms with van der Waals surface area (Å²) < 4.78 is 39.2. The summed E-state index contributed by atoms with van der Waals surface area (Å²) in [6.07, 6.45) is 1.80. The normalized spacial score (nSPS) is 14.6. The predicted octanol–water partition coefficient (Wildman–Crippen LogP) is 2.99. The summed E-state index contributed by atoms with van der Waals surface area (Å²) in [5, 5.41) is 0. The van der Waals surface area contributed by atoms with Crippen LogP contribution in [0.25, 0.3) is 0 Å². The molecule has 7 heteroatoms. The van der Waals surface area contributed by atoms with Crippen LogP contribution in [0.4, 0.5) is 0 Å². The van der Waals surface area contributed by atoms with Crippen molar-refractivity contribution in [2.75, 3.05) is 33.9 Å². The molecule has 0 spiro atoms. The largest absolute Gasteiger partial charge is 0.494 e. The molecular formula is C21H28N2O4S. The number of fused-ring (bicyclic) bond motifs is 1. The van der Waals surface area contributed by atoms with Crippen molar-refractivity contribution in [2.24, 2.45) is 0 Å². The van der Waals surface area contributed by atoms with Crippen LogP contribution in [0.5, 0.6) is 11.5 Å². The van der Waals surface area contributed by atoms with Crippen LogP contribution in [0.15, 0.2) is 47.4 Å². The second kappa shape index (κ2) is 8.94. The topological polar surface area (TPSA) is 67.9 Å². The van der Waals surface area contributed by atoms with Gasteiger partial charge in [0.15, 0.2) is 0 Å². The highest BCUT2D eigenvalue weighted by atomic mass is 32.2. The van der Waals surface area contributed by atoms with Gasteiger partial charge in [-0.2, -0.15) is 0 Å². The van der Waals surface area contributed by atoms with E-state index in [2.05, 4.69) is 10.8 Å². The third kappa shape index (κ3) is 4.84. The van der Waals surface area contributed by atoms with E-state index < -0.39 is 10.0 Å². The Morgan fingerprint density at radius 1 is 1.18 bits per heavy atom. The fourth-order valence-electron chi connectivity index (χ4n) is 3.22. The summed E-state index contributed by atoms with van der Waals surface area (Å²) >= 11 is 0. The first-order valence-corrected chi connectivity index (χ1v) is 11.0. The molecule has 2 aromatic carbocycles. The molecule has 0 aliphatic carbocycles. The van der Waals surface area contributed by atoms with Gasteiger partial charge in [0.05, 0.1) is 18.1 Å². The van der Waals surface area contributed by atoms with Crippen molar-refractivity contribution >= 4 is 10.0 Å². The van der Waals surface area contributed by atoms with Crippen molar-refractivity contribution in [1.29, 1.82) is 0 Å². The fourth-order valence-corrected chi connectivity index (χ4v) is 4.26. The van der Waals surface area contributed by atoms with Gasteiger partial charge < -0.3 is 14.4 Å². The number of nitrogens with one attached hydrogen (secondary N) is 1. The minimum atomic E-state index is -3.60. The Kier molecular flexibility index (Phi) is 6.59. The molecule has 1 heterocycles. The highest BCUT2D eigenvalue weighted by Gasteiger charge is 2.22. The van der Waals surface area contributed by atoms with E-state index in [1.54, 1.807) is 24.3 Å². The van der Waals surface area contributed by atoms with Crippen LogP contribution in [0, 0.1) is 0 Å². The van der Waals surface area contributed by atoms with E-state index in [0.717, 1.165) is 24.2 Å². The smallest absolute Gasteiger partial charge is 0.240 e. The van der Waals surface area contributed by atoms with Gasteiger partial charge in [0.2, 0.25) is 10.0 Å². The molecule has 3 rings (SSSR count). The molecule has 2 aromatic rings. The van der Waals surface area contributed by atoms with Gasteiger partial charge in [-0.1, -0.05) is 19.1 Å². The van der Waals surface area contributed by atoms with Crippen LogP contribution >= 0.6 is 0 Å². The summed E-state index contributed by atoms with van der Waals surface area (Å²) in [7, 11) is 0.291. The number of ether oxygens (including phenoxy) is 2. The Balaban J connectivity index is 1.70. The van der Waals surface area contributed by atoms with Crippen LogP contribution in [0.1, 0.15) is 30.5 Å². The zero-order valence-electron chi connectivity index (χ0n) is 16.6. The summed E-state index contributed by atoms with van der Waals surface area (Å²) in [5.74, 6) is 1.60. The molecule has 1 aliphatic rings. The van der Waals surface area contributed by atoms with Gasteiger partial charge in [0, 0.05) is 19.0 Å². The Labute approximate surface area is 167 Å². The monoisotopic (exact) mass is 404 g/mol. The molecular weight excluding hydrogens is 376 g/mol. The summed E-state index contributed by atoms with van der Waals surface area (Å²) in [4.78, 5) is 2.25. The molecule has 0 saturated heterocycles. The summed E-state index contributed by atoms with van der Waals surface area (Å²) in [6.45, 7) is 3.62. The van der Waals surface area contributed by atoms with Crippen molar-refractivity contribution in [2.45, 2.75) is 30.7 Å². The average Bonchev–Trinajstić information content (AvgIpc) is 3.14. The van der Waals surface area contributed by atoms with Gasteiger partial charge in [0.25, 0.3) is 0 Å². The standard InChI is InChI=1S/C21H28N2O4S/c1-4-12-26-18-6-8-19(9-7-18)28(24,25)22-15-20(23(2)3)16-5-10-21-17(14-16)11-13-27-21/h5-10,14,20,22H,4,11-13,15H2,1-3H3. The molecule has 0 radical (unpaired) electrons. The highest BCUT2D eigenvalue weighted by molar-refractivity contribution is 7.89. The van der Waals surface area contributed by atoms with Crippen LogP contribution < -0.4 is 14.2 Å². The number of benzene rings is 2. The molecule has 1 unspecified atom stereocenters. The van der Waals surface area contributed by atoms with E-state index in [1.165, 1.54) is 5.56 Å². The number of likely N-dealkylation sites (N-methyl/N-ethyl adjacent to an activating group) is 1. The first-order chi connectivity index (χ1) is 13.4. The number of hydrogen-bond acceptors (Lipinski definition) is 5. The van der Waals surface area contributed by atoms with E-state index >= 15 is 0 Å². The molecule has 0 saturated carbocycles. The molecule has 6 nitrogen and oxygen atoms in total. The van der Waals surface area contributed by atoms with Crippen molar-refractivity contribution in [3.05, 3.63) is 53.6 Å². The van der Waals surface area contributed by atoms with Crippen LogP contribution in [-0.4, -0.2) is 47.2 Å². The quantitative estimate of drug-likeness (QED) is 0.696. The second-order valence-electron chi connectivity index (χ2n) is 7.12. The van der Waals surface area contributed by atoms with Gasteiger partial charge >= 0.3 is 0 Å². The van der Waals surface area contributed by atoms with E-state index in [-0.39, 0.29) is 17.5 Å². The lowest BCUT2D eigenvalue weighted by atomic mass is 10.0. The number of nitrogens with zero attached hydrogens (tertiary/aromatic N) is 1. The zero-order valence-corrected chi connectivity index (χ0v) is 17.5. The lowest BCUT2D eigenvalue weighted by Gasteiger charge is -2.25. The zero-order chi connectivity index (χ0) is 20.1. The predicted molar refractivity (Wildman–Crippen MR) is 109 cm³/mol. The van der Waals surface area contributed by atoms with Gasteiger partial charge in [-0.15, -0.1) is 0 Å². The first kappa shape index (κ1) is 20.6. The molecule has 0 fully saturated rings. The number of rotatable bonds is 9. The molecule has 0 bridgehead atoms. The van der Waals surface area contributed by atoms with E-state index in [1.807, 2.05) is 38.1 Å². The Bertz CT molecular complexity index is 895. The Hall–Kier alpha value is -2.09. The fraction of sp³-hybridized carbons (Fsp3) is 0.429. The minimum Gasteiger partial charge on any atom is -0.494 e. The minimum absolute atomic E-state index is 0.0761. The van der Waals surface area contributed by atoms with Gasteiger partial charge in [-0.25, -0.2) is 13.1 Å². The SMILES string of the molecule is CCCOc1ccc(S(=O)(=O)NCC(c2ccc3c(c2)CCO3)N(C)C)cc1. The molecule has 152 valence electrons. The molecule has 1 N–H and O–H groups in total. The van der Waals surface area contributed by atoms with Crippen molar-refractivity contribution in [3.63, 3.8) is 0 Å². The number of sulfonamides is 1. The summed E-state index contributed by atoms with van der Waals surface area (Å²) in [5.41, 5.74) is 2.25. The molecule has 0 amide bonds. The lowest BCUT2D eigenvalue weighted by molar-refractivity contribution is 0.299. The maximum absolute atomic E-state index is 12.7. The molecule has 28 heavy (non-hydrogen) atoms. The third-order valence-electron chi connectivity index (χ3n) is 4.80. The van der Waals surface area contributed by atoms with Crippen LogP contribution in [-0.2, 0) is 16.4 Å². The highest BCUT2D eigenvalue weighted by Crippen LogP contribution is 2.29. The molecule has 1 atom stereocenters. The van der Waals surface area contributed by atoms with Crippen molar-refractivity contribution in [3.8, 4) is 11.5 Å². The molecule has 0 aromatic heterocycles. The average molecular weight is 405 g/mol. The summed E-state index contributed by atoms with van der Waals surface area (Å²) in [6, 6.07) is 12.5. The van der Waals surface area contributed by atoms with E-state index in [0.29, 0.717) is 19.0 Å². The van der Waals surface area contributed by atoms with Crippen molar-refractivity contribution < 1.29 is 17.9 Å². The van der Waals surface area contributed by atoms with Gasteiger partial charge in [-0.05, 0) is 62.0 Å². The van der Waals surface area contributed by atoms with E-state index in [9.17, 15) is 8.42 Å². The van der Waals surface area contributed by atoms with Gasteiger partial charge in [0.1, 0.15) is 11.5 Å². The third-order valence-corrected chi connectivity index (χ3v) is 6.23. The number of hydrogen-bond donors (Lipinski definition) is 1. The Morgan fingerprint density at radius 2 is 1.93 bits per heavy atom. The first-order valence-electron chi connectivity index (χ1n) is 9.55. The van der Waals surface area contributed by atoms with Crippen molar-refractivity contribution in [1.82, 2.24) is 9.62 Å². The second-order valence-corrected chi connectivity index (χ2v) is 8.88. The maximum atomic E-state index is 12.7. The van der Waals surface area contributed by atoms with Crippen LogP contribution in [0.3, 0.4) is 0 Å².